The summed E-state index contributed by atoms with van der Waals surface area (Å²) in [6.45, 7) is 3.52. The van der Waals surface area contributed by atoms with Crippen LogP contribution in [-0.2, 0) is 13.0 Å². The van der Waals surface area contributed by atoms with Crippen LogP contribution in [-0.4, -0.2) is 25.1 Å². The van der Waals surface area contributed by atoms with Gasteiger partial charge in [-0.1, -0.05) is 36.4 Å². The summed E-state index contributed by atoms with van der Waals surface area (Å²) in [6.07, 6.45) is 3.91. The third-order valence-corrected chi connectivity index (χ3v) is 5.62. The van der Waals surface area contributed by atoms with Crippen molar-refractivity contribution >= 4 is 0 Å². The van der Waals surface area contributed by atoms with Crippen molar-refractivity contribution in [3.63, 3.8) is 0 Å². The van der Waals surface area contributed by atoms with E-state index in [1.165, 1.54) is 37.9 Å². The summed E-state index contributed by atoms with van der Waals surface area (Å²) in [7, 11) is 1.72. The number of benzene rings is 2. The zero-order valence-electron chi connectivity index (χ0n) is 13.9. The van der Waals surface area contributed by atoms with E-state index < -0.39 is 0 Å². The molecule has 0 amide bonds. The van der Waals surface area contributed by atoms with Crippen molar-refractivity contribution in [1.29, 1.82) is 0 Å². The minimum Gasteiger partial charge on any atom is -0.497 e. The zero-order valence-corrected chi connectivity index (χ0v) is 13.9. The van der Waals surface area contributed by atoms with Crippen LogP contribution in [0.4, 0.5) is 0 Å². The summed E-state index contributed by atoms with van der Waals surface area (Å²) >= 11 is 0. The first-order valence-electron chi connectivity index (χ1n) is 8.76. The van der Waals surface area contributed by atoms with Gasteiger partial charge in [0.2, 0.25) is 0 Å². The summed E-state index contributed by atoms with van der Waals surface area (Å²) < 4.78 is 5.25. The average Bonchev–Trinajstić information content (AvgIpc) is 2.62. The van der Waals surface area contributed by atoms with E-state index in [9.17, 15) is 0 Å². The molecule has 1 saturated heterocycles. The highest BCUT2D eigenvalue weighted by atomic mass is 16.5. The van der Waals surface area contributed by atoms with E-state index in [0.29, 0.717) is 0 Å². The number of ether oxygens (including phenoxy) is 1. The van der Waals surface area contributed by atoms with Crippen molar-refractivity contribution in [2.75, 3.05) is 20.2 Å². The van der Waals surface area contributed by atoms with Crippen molar-refractivity contribution in [1.82, 2.24) is 4.90 Å². The van der Waals surface area contributed by atoms with Crippen LogP contribution >= 0.6 is 0 Å². The lowest BCUT2D eigenvalue weighted by Gasteiger charge is -2.42. The minimum atomic E-state index is 0.784. The molecule has 0 saturated carbocycles. The van der Waals surface area contributed by atoms with E-state index in [4.69, 9.17) is 4.74 Å². The Hall–Kier alpha value is -1.80. The summed E-state index contributed by atoms with van der Waals surface area (Å²) in [5.41, 5.74) is 4.62. The summed E-state index contributed by atoms with van der Waals surface area (Å²) in [5, 5.41) is 0. The van der Waals surface area contributed by atoms with Gasteiger partial charge in [0.25, 0.3) is 0 Å². The van der Waals surface area contributed by atoms with E-state index in [2.05, 4.69) is 53.4 Å². The predicted molar refractivity (Wildman–Crippen MR) is 93.9 cm³/mol. The van der Waals surface area contributed by atoms with Crippen LogP contribution in [0.15, 0.2) is 48.5 Å². The van der Waals surface area contributed by atoms with Crippen molar-refractivity contribution in [3.8, 4) is 5.75 Å². The SMILES string of the molecule is COc1ccc(CN2CC[C@H]3c4ccccc4CC[C@@H]3C2)cc1. The van der Waals surface area contributed by atoms with Gasteiger partial charge in [-0.15, -0.1) is 0 Å². The summed E-state index contributed by atoms with van der Waals surface area (Å²) in [6, 6.07) is 17.6. The zero-order chi connectivity index (χ0) is 15.6. The molecule has 4 rings (SSSR count). The first kappa shape index (κ1) is 14.8. The fraction of sp³-hybridized carbons (Fsp3) is 0.429. The lowest BCUT2D eigenvalue weighted by molar-refractivity contribution is 0.135. The third kappa shape index (κ3) is 3.00. The summed E-state index contributed by atoms with van der Waals surface area (Å²) in [4.78, 5) is 2.64. The normalized spacial score (nSPS) is 23.9. The molecule has 1 aliphatic carbocycles. The van der Waals surface area contributed by atoms with Gasteiger partial charge in [0.15, 0.2) is 0 Å². The molecule has 2 atom stereocenters. The molecule has 2 aliphatic rings. The average molecular weight is 307 g/mol. The standard InChI is InChI=1S/C21H25NO/c1-23-19-10-6-16(7-11-19)14-22-13-12-21-18(15-22)9-8-17-4-2-3-5-20(17)21/h2-7,10-11,18,21H,8-9,12-15H2,1H3/t18-,21-/m1/s1. The number of likely N-dealkylation sites (tertiary alicyclic amines) is 1. The van der Waals surface area contributed by atoms with Crippen molar-refractivity contribution < 1.29 is 4.74 Å². The first-order valence-corrected chi connectivity index (χ1v) is 8.76. The van der Waals surface area contributed by atoms with Crippen LogP contribution < -0.4 is 4.74 Å². The molecule has 2 nitrogen and oxygen atoms in total. The van der Waals surface area contributed by atoms with Gasteiger partial charge < -0.3 is 4.74 Å². The van der Waals surface area contributed by atoms with Gasteiger partial charge >= 0.3 is 0 Å². The molecule has 2 aromatic carbocycles. The molecule has 2 heteroatoms. The largest absolute Gasteiger partial charge is 0.497 e. The maximum absolute atomic E-state index is 5.25. The maximum Gasteiger partial charge on any atom is 0.118 e. The number of piperidine rings is 1. The van der Waals surface area contributed by atoms with Crippen molar-refractivity contribution in [2.45, 2.75) is 31.7 Å². The van der Waals surface area contributed by atoms with Crippen LogP contribution in [0.2, 0.25) is 0 Å². The monoisotopic (exact) mass is 307 g/mol. The summed E-state index contributed by atoms with van der Waals surface area (Å²) in [5.74, 6) is 2.56. The Bertz CT molecular complexity index is 664. The Morgan fingerprint density at radius 3 is 2.70 bits per heavy atom. The second-order valence-electron chi connectivity index (χ2n) is 6.98. The molecular weight excluding hydrogens is 282 g/mol. The molecule has 23 heavy (non-hydrogen) atoms. The highest BCUT2D eigenvalue weighted by molar-refractivity contribution is 5.34. The topological polar surface area (TPSA) is 12.5 Å². The molecule has 0 N–H and O–H groups in total. The lowest BCUT2D eigenvalue weighted by atomic mass is 9.71. The number of rotatable bonds is 3. The fourth-order valence-corrected chi connectivity index (χ4v) is 4.41. The number of hydrogen-bond acceptors (Lipinski definition) is 2. The highest BCUT2D eigenvalue weighted by Gasteiger charge is 2.33. The maximum atomic E-state index is 5.25. The number of hydrogen-bond donors (Lipinski definition) is 0. The molecule has 1 aliphatic heterocycles. The molecule has 120 valence electrons. The number of nitrogens with zero attached hydrogens (tertiary/aromatic N) is 1. The Kier molecular flexibility index (Phi) is 4.09. The Labute approximate surface area is 139 Å². The molecule has 0 aromatic heterocycles. The van der Waals surface area contributed by atoms with Gasteiger partial charge in [0, 0.05) is 13.1 Å². The second-order valence-corrected chi connectivity index (χ2v) is 6.98. The van der Waals surface area contributed by atoms with Crippen LogP contribution in [0.5, 0.6) is 5.75 Å². The lowest BCUT2D eigenvalue weighted by Crippen LogP contribution is -2.40. The Balaban J connectivity index is 1.43. The second kappa shape index (κ2) is 6.37. The third-order valence-electron chi connectivity index (χ3n) is 5.62. The molecule has 0 spiro atoms. The van der Waals surface area contributed by atoms with Crippen molar-refractivity contribution in [2.24, 2.45) is 5.92 Å². The van der Waals surface area contributed by atoms with Crippen LogP contribution in [0.1, 0.15) is 35.4 Å². The van der Waals surface area contributed by atoms with Crippen LogP contribution in [0, 0.1) is 5.92 Å². The molecule has 1 fully saturated rings. The van der Waals surface area contributed by atoms with Crippen LogP contribution in [0.3, 0.4) is 0 Å². The Morgan fingerprint density at radius 2 is 1.87 bits per heavy atom. The molecule has 0 bridgehead atoms. The van der Waals surface area contributed by atoms with E-state index in [1.807, 2.05) is 0 Å². The van der Waals surface area contributed by atoms with E-state index in [-0.39, 0.29) is 0 Å². The van der Waals surface area contributed by atoms with Gasteiger partial charge in [-0.05, 0) is 66.5 Å². The molecule has 0 unspecified atom stereocenters. The predicted octanol–water partition coefficient (Wildman–Crippen LogP) is 4.25. The molecular formula is C21H25NO. The molecule has 0 radical (unpaired) electrons. The first-order chi connectivity index (χ1) is 11.3. The quantitative estimate of drug-likeness (QED) is 0.840. The fourth-order valence-electron chi connectivity index (χ4n) is 4.41. The van der Waals surface area contributed by atoms with Crippen molar-refractivity contribution in [3.05, 3.63) is 65.2 Å². The van der Waals surface area contributed by atoms with E-state index >= 15 is 0 Å². The van der Waals surface area contributed by atoms with E-state index in [0.717, 1.165) is 24.1 Å². The Morgan fingerprint density at radius 1 is 1.04 bits per heavy atom. The number of methoxy groups -OCH3 is 1. The van der Waals surface area contributed by atoms with E-state index in [1.54, 1.807) is 18.2 Å². The molecule has 1 heterocycles. The minimum absolute atomic E-state index is 0.784. The molecule has 2 aromatic rings. The smallest absolute Gasteiger partial charge is 0.118 e. The van der Waals surface area contributed by atoms with Gasteiger partial charge in [-0.3, -0.25) is 4.90 Å². The van der Waals surface area contributed by atoms with Crippen LogP contribution in [0.25, 0.3) is 0 Å². The van der Waals surface area contributed by atoms with Gasteiger partial charge in [-0.2, -0.15) is 0 Å². The van der Waals surface area contributed by atoms with Gasteiger partial charge in [0.1, 0.15) is 5.75 Å². The number of aryl methyl sites for hydroxylation is 1. The number of fused-ring (bicyclic) bond motifs is 3. The van der Waals surface area contributed by atoms with Gasteiger partial charge in [-0.25, -0.2) is 0 Å². The van der Waals surface area contributed by atoms with Gasteiger partial charge in [0.05, 0.1) is 7.11 Å². The highest BCUT2D eigenvalue weighted by Crippen LogP contribution is 2.41.